The van der Waals surface area contributed by atoms with Gasteiger partial charge in [-0.05, 0) is 48.2 Å². The molecule has 2 N–H and O–H groups in total. The molecular weight excluding hydrogens is 258 g/mol. The number of nitrogens with two attached hydrogens (primary N) is 1. The number of hydrogen-bond acceptors (Lipinski definition) is 3. The number of benzene rings is 1. The summed E-state index contributed by atoms with van der Waals surface area (Å²) in [6.45, 7) is 3.22. The molecule has 0 aliphatic heterocycles. The zero-order valence-corrected chi connectivity index (χ0v) is 12.7. The summed E-state index contributed by atoms with van der Waals surface area (Å²) < 4.78 is 0. The smallest absolute Gasteiger partial charge is 0.0456 e. The van der Waals surface area contributed by atoms with Crippen LogP contribution >= 0.6 is 0 Å². The molecule has 1 aliphatic rings. The SMILES string of the molecule is CC1CC(N(C)Cc2ccncc2)C(N)c2ccccc21. The maximum atomic E-state index is 6.55. The predicted molar refractivity (Wildman–Crippen MR) is 85.9 cm³/mol. The number of hydrogen-bond donors (Lipinski definition) is 1. The highest BCUT2D eigenvalue weighted by molar-refractivity contribution is 5.36. The predicted octanol–water partition coefficient (Wildman–Crippen LogP) is 3.09. The largest absolute Gasteiger partial charge is 0.323 e. The van der Waals surface area contributed by atoms with Crippen LogP contribution in [0.4, 0.5) is 0 Å². The molecule has 1 aromatic carbocycles. The van der Waals surface area contributed by atoms with Crippen molar-refractivity contribution in [2.45, 2.75) is 37.9 Å². The molecule has 21 heavy (non-hydrogen) atoms. The lowest BCUT2D eigenvalue weighted by Crippen LogP contribution is -2.43. The third-order valence-electron chi connectivity index (χ3n) is 4.64. The first-order chi connectivity index (χ1) is 10.2. The van der Waals surface area contributed by atoms with E-state index in [1.807, 2.05) is 12.4 Å². The molecule has 0 bridgehead atoms. The average molecular weight is 281 g/mol. The minimum atomic E-state index is 0.0873. The monoisotopic (exact) mass is 281 g/mol. The summed E-state index contributed by atoms with van der Waals surface area (Å²) in [5, 5.41) is 0. The van der Waals surface area contributed by atoms with E-state index in [1.165, 1.54) is 16.7 Å². The minimum Gasteiger partial charge on any atom is -0.323 e. The van der Waals surface area contributed by atoms with Crippen LogP contribution in [0.15, 0.2) is 48.8 Å². The number of fused-ring (bicyclic) bond motifs is 1. The number of rotatable bonds is 3. The molecule has 3 atom stereocenters. The minimum absolute atomic E-state index is 0.0873. The number of nitrogens with zero attached hydrogens (tertiary/aromatic N) is 2. The van der Waals surface area contributed by atoms with Crippen LogP contribution in [0.1, 0.15) is 42.0 Å². The molecule has 0 saturated carbocycles. The lowest BCUT2D eigenvalue weighted by Gasteiger charge is -2.40. The van der Waals surface area contributed by atoms with Crippen LogP contribution in [0.5, 0.6) is 0 Å². The van der Waals surface area contributed by atoms with Crippen LogP contribution in [0.2, 0.25) is 0 Å². The van der Waals surface area contributed by atoms with Gasteiger partial charge in [-0.1, -0.05) is 31.2 Å². The Kier molecular flexibility index (Phi) is 4.04. The Bertz CT molecular complexity index is 596. The quantitative estimate of drug-likeness (QED) is 0.940. The molecule has 0 spiro atoms. The number of aromatic nitrogens is 1. The first kappa shape index (κ1) is 14.2. The topological polar surface area (TPSA) is 42.2 Å². The van der Waals surface area contributed by atoms with Gasteiger partial charge in [-0.25, -0.2) is 0 Å². The van der Waals surface area contributed by atoms with Crippen LogP contribution in [0.3, 0.4) is 0 Å². The fourth-order valence-electron chi connectivity index (χ4n) is 3.45. The Morgan fingerprint density at radius 3 is 2.52 bits per heavy atom. The molecule has 1 heterocycles. The van der Waals surface area contributed by atoms with E-state index in [1.54, 1.807) is 0 Å². The summed E-state index contributed by atoms with van der Waals surface area (Å²) in [5.41, 5.74) is 10.6. The van der Waals surface area contributed by atoms with Gasteiger partial charge in [-0.2, -0.15) is 0 Å². The summed E-state index contributed by atoms with van der Waals surface area (Å²) in [5.74, 6) is 0.561. The van der Waals surface area contributed by atoms with Crippen molar-refractivity contribution in [1.29, 1.82) is 0 Å². The van der Waals surface area contributed by atoms with Gasteiger partial charge in [0.25, 0.3) is 0 Å². The Morgan fingerprint density at radius 1 is 1.14 bits per heavy atom. The lowest BCUT2D eigenvalue weighted by molar-refractivity contribution is 0.175. The van der Waals surface area contributed by atoms with Gasteiger partial charge < -0.3 is 5.73 Å². The molecule has 3 rings (SSSR count). The van der Waals surface area contributed by atoms with Crippen LogP contribution in [0.25, 0.3) is 0 Å². The van der Waals surface area contributed by atoms with Crippen LogP contribution in [0, 0.1) is 0 Å². The molecule has 3 nitrogen and oxygen atoms in total. The Hall–Kier alpha value is -1.71. The van der Waals surface area contributed by atoms with E-state index in [0.29, 0.717) is 12.0 Å². The van der Waals surface area contributed by atoms with E-state index in [2.05, 4.69) is 60.3 Å². The zero-order valence-electron chi connectivity index (χ0n) is 12.7. The van der Waals surface area contributed by atoms with Crippen molar-refractivity contribution in [3.8, 4) is 0 Å². The Balaban J connectivity index is 1.80. The molecule has 3 heteroatoms. The third kappa shape index (κ3) is 2.85. The second-order valence-corrected chi connectivity index (χ2v) is 6.13. The van der Waals surface area contributed by atoms with Crippen molar-refractivity contribution in [3.63, 3.8) is 0 Å². The fraction of sp³-hybridized carbons (Fsp3) is 0.389. The fourth-order valence-corrected chi connectivity index (χ4v) is 3.45. The van der Waals surface area contributed by atoms with E-state index < -0.39 is 0 Å². The summed E-state index contributed by atoms with van der Waals surface area (Å²) in [6, 6.07) is 13.2. The molecule has 3 unspecified atom stereocenters. The Morgan fingerprint density at radius 2 is 1.81 bits per heavy atom. The van der Waals surface area contributed by atoms with Crippen LogP contribution < -0.4 is 5.73 Å². The summed E-state index contributed by atoms with van der Waals surface area (Å²) >= 11 is 0. The third-order valence-corrected chi connectivity index (χ3v) is 4.64. The van der Waals surface area contributed by atoms with Gasteiger partial charge in [0.15, 0.2) is 0 Å². The summed E-state index contributed by atoms with van der Waals surface area (Å²) in [4.78, 5) is 6.46. The first-order valence-electron chi connectivity index (χ1n) is 7.60. The molecule has 1 aromatic heterocycles. The normalized spacial score (nSPS) is 24.9. The molecule has 2 aromatic rings. The molecule has 110 valence electrons. The highest BCUT2D eigenvalue weighted by Gasteiger charge is 2.32. The Labute approximate surface area is 126 Å². The van der Waals surface area contributed by atoms with Gasteiger partial charge >= 0.3 is 0 Å². The van der Waals surface area contributed by atoms with Crippen molar-refractivity contribution in [3.05, 3.63) is 65.5 Å². The maximum Gasteiger partial charge on any atom is 0.0456 e. The van der Waals surface area contributed by atoms with Crippen molar-refractivity contribution in [1.82, 2.24) is 9.88 Å². The van der Waals surface area contributed by atoms with E-state index in [0.717, 1.165) is 13.0 Å². The number of pyridine rings is 1. The van der Waals surface area contributed by atoms with Crippen LogP contribution in [-0.4, -0.2) is 23.0 Å². The van der Waals surface area contributed by atoms with E-state index in [4.69, 9.17) is 5.73 Å². The van der Waals surface area contributed by atoms with Gasteiger partial charge in [-0.15, -0.1) is 0 Å². The standard InChI is InChI=1S/C18H23N3/c1-13-11-17(18(19)16-6-4-3-5-15(13)16)21(2)12-14-7-9-20-10-8-14/h3-10,13,17-18H,11-12,19H2,1-2H3. The van der Waals surface area contributed by atoms with E-state index in [9.17, 15) is 0 Å². The lowest BCUT2D eigenvalue weighted by atomic mass is 9.78. The zero-order chi connectivity index (χ0) is 14.8. The summed E-state index contributed by atoms with van der Waals surface area (Å²) in [6.07, 6.45) is 4.81. The van der Waals surface area contributed by atoms with Crippen LogP contribution in [-0.2, 0) is 6.54 Å². The van der Waals surface area contributed by atoms with Gasteiger partial charge in [0, 0.05) is 31.0 Å². The first-order valence-corrected chi connectivity index (χ1v) is 7.60. The summed E-state index contributed by atoms with van der Waals surface area (Å²) in [7, 11) is 2.17. The van der Waals surface area contributed by atoms with Gasteiger partial charge in [0.1, 0.15) is 0 Å². The van der Waals surface area contributed by atoms with Crippen molar-refractivity contribution in [2.75, 3.05) is 7.05 Å². The molecular formula is C18H23N3. The van der Waals surface area contributed by atoms with Crippen molar-refractivity contribution in [2.24, 2.45) is 5.73 Å². The molecule has 0 amide bonds. The highest BCUT2D eigenvalue weighted by Crippen LogP contribution is 2.38. The van der Waals surface area contributed by atoms with Gasteiger partial charge in [-0.3, -0.25) is 9.88 Å². The van der Waals surface area contributed by atoms with Gasteiger partial charge in [0.05, 0.1) is 0 Å². The van der Waals surface area contributed by atoms with Gasteiger partial charge in [0.2, 0.25) is 0 Å². The molecule has 1 aliphatic carbocycles. The molecule has 0 saturated heterocycles. The molecule has 0 fully saturated rings. The average Bonchev–Trinajstić information content (AvgIpc) is 2.52. The second kappa shape index (κ2) is 5.96. The van der Waals surface area contributed by atoms with Crippen molar-refractivity contribution >= 4 is 0 Å². The van der Waals surface area contributed by atoms with E-state index >= 15 is 0 Å². The van der Waals surface area contributed by atoms with Crippen molar-refractivity contribution < 1.29 is 0 Å². The van der Waals surface area contributed by atoms with E-state index in [-0.39, 0.29) is 6.04 Å². The second-order valence-electron chi connectivity index (χ2n) is 6.13. The number of likely N-dealkylation sites (N-methyl/N-ethyl adjacent to an activating group) is 1. The molecule has 0 radical (unpaired) electrons. The maximum absolute atomic E-state index is 6.55. The highest BCUT2D eigenvalue weighted by atomic mass is 15.1.